The van der Waals surface area contributed by atoms with Gasteiger partial charge in [-0.1, -0.05) is 29.8 Å². The molecule has 0 heterocycles. The molecule has 0 aliphatic heterocycles. The van der Waals surface area contributed by atoms with Crippen LogP contribution < -0.4 is 15.4 Å². The fourth-order valence-corrected chi connectivity index (χ4v) is 2.12. The molecule has 22 heavy (non-hydrogen) atoms. The number of amides is 2. The molecule has 5 heteroatoms. The highest BCUT2D eigenvalue weighted by Crippen LogP contribution is 2.22. The zero-order valence-electron chi connectivity index (χ0n) is 12.7. The molecule has 2 rings (SSSR count). The quantitative estimate of drug-likeness (QED) is 0.813. The van der Waals surface area contributed by atoms with Crippen LogP contribution in [0.3, 0.4) is 0 Å². The van der Waals surface area contributed by atoms with Gasteiger partial charge < -0.3 is 15.4 Å². The summed E-state index contributed by atoms with van der Waals surface area (Å²) in [5, 5.41) is 6.14. The molecule has 0 aliphatic carbocycles. The van der Waals surface area contributed by atoms with Crippen molar-refractivity contribution in [2.24, 2.45) is 0 Å². The third kappa shape index (κ3) is 4.67. The normalized spacial score (nSPS) is 10.1. The third-order valence-electron chi connectivity index (χ3n) is 3.16. The van der Waals surface area contributed by atoms with Crippen LogP contribution in [-0.2, 0) is 0 Å². The molecule has 4 nitrogen and oxygen atoms in total. The van der Waals surface area contributed by atoms with Crippen molar-refractivity contribution in [1.29, 1.82) is 0 Å². The van der Waals surface area contributed by atoms with Gasteiger partial charge in [-0.25, -0.2) is 4.79 Å². The van der Waals surface area contributed by atoms with Crippen molar-refractivity contribution in [3.05, 3.63) is 58.6 Å². The van der Waals surface area contributed by atoms with Crippen LogP contribution in [0, 0.1) is 13.8 Å². The number of urea groups is 1. The molecule has 0 spiro atoms. The second-order valence-corrected chi connectivity index (χ2v) is 5.37. The first-order chi connectivity index (χ1) is 10.6. The van der Waals surface area contributed by atoms with Gasteiger partial charge in [0.25, 0.3) is 0 Å². The lowest BCUT2D eigenvalue weighted by Crippen LogP contribution is -2.32. The van der Waals surface area contributed by atoms with E-state index in [0.717, 1.165) is 16.9 Å². The molecular weight excluding hydrogens is 300 g/mol. The van der Waals surface area contributed by atoms with Gasteiger partial charge in [0.2, 0.25) is 0 Å². The third-order valence-corrected chi connectivity index (χ3v) is 3.57. The number of nitrogens with one attached hydrogen (secondary N) is 2. The highest BCUT2D eigenvalue weighted by molar-refractivity contribution is 6.31. The second-order valence-electron chi connectivity index (χ2n) is 4.96. The Bertz CT molecular complexity index is 659. The fraction of sp³-hybridized carbons (Fsp3) is 0.235. The van der Waals surface area contributed by atoms with Crippen LogP contribution in [0.1, 0.15) is 11.1 Å². The maximum absolute atomic E-state index is 11.8. The van der Waals surface area contributed by atoms with Crippen molar-refractivity contribution < 1.29 is 9.53 Å². The maximum atomic E-state index is 11.8. The number of rotatable bonds is 5. The van der Waals surface area contributed by atoms with Crippen LogP contribution in [0.5, 0.6) is 5.75 Å². The molecule has 0 atom stereocenters. The number of carbonyl (C=O) groups excluding carboxylic acids is 1. The lowest BCUT2D eigenvalue weighted by Gasteiger charge is -2.11. The lowest BCUT2D eigenvalue weighted by atomic mass is 10.2. The van der Waals surface area contributed by atoms with E-state index in [1.54, 1.807) is 12.1 Å². The number of hydrogen-bond donors (Lipinski definition) is 2. The minimum absolute atomic E-state index is 0.279. The monoisotopic (exact) mass is 318 g/mol. The largest absolute Gasteiger partial charge is 0.492 e. The van der Waals surface area contributed by atoms with Crippen molar-refractivity contribution >= 4 is 23.3 Å². The summed E-state index contributed by atoms with van der Waals surface area (Å²) >= 11 is 6.01. The summed E-state index contributed by atoms with van der Waals surface area (Å²) in [6.07, 6.45) is 0. The number of benzene rings is 2. The van der Waals surface area contributed by atoms with E-state index in [2.05, 4.69) is 10.6 Å². The van der Waals surface area contributed by atoms with Gasteiger partial charge in [-0.05, 0) is 49.2 Å². The molecule has 2 amide bonds. The van der Waals surface area contributed by atoms with Crippen molar-refractivity contribution in [3.63, 3.8) is 0 Å². The Morgan fingerprint density at radius 2 is 1.95 bits per heavy atom. The van der Waals surface area contributed by atoms with E-state index in [0.29, 0.717) is 23.9 Å². The molecule has 2 aromatic rings. The summed E-state index contributed by atoms with van der Waals surface area (Å²) < 4.78 is 5.57. The van der Waals surface area contributed by atoms with Crippen LogP contribution >= 0.6 is 11.6 Å². The Hall–Kier alpha value is -2.20. The Morgan fingerprint density at radius 1 is 1.18 bits per heavy atom. The van der Waals surface area contributed by atoms with Crippen LogP contribution in [0.2, 0.25) is 5.02 Å². The predicted octanol–water partition coefficient (Wildman–Crippen LogP) is 4.16. The number of halogens is 1. The van der Waals surface area contributed by atoms with E-state index in [9.17, 15) is 4.79 Å². The Labute approximate surface area is 135 Å². The molecule has 0 unspecified atom stereocenters. The van der Waals surface area contributed by atoms with Crippen molar-refractivity contribution in [2.45, 2.75) is 13.8 Å². The van der Waals surface area contributed by atoms with Gasteiger partial charge >= 0.3 is 6.03 Å². The Morgan fingerprint density at radius 3 is 2.73 bits per heavy atom. The highest BCUT2D eigenvalue weighted by Gasteiger charge is 2.05. The number of aryl methyl sites for hydroxylation is 1. The summed E-state index contributed by atoms with van der Waals surface area (Å²) in [6.45, 7) is 4.69. The first-order valence-electron chi connectivity index (χ1n) is 7.05. The van der Waals surface area contributed by atoms with Gasteiger partial charge in [-0.15, -0.1) is 0 Å². The number of hydrogen-bond acceptors (Lipinski definition) is 2. The minimum Gasteiger partial charge on any atom is -0.492 e. The Kier molecular flexibility index (Phi) is 5.67. The van der Waals surface area contributed by atoms with E-state index in [4.69, 9.17) is 16.3 Å². The zero-order valence-corrected chi connectivity index (χ0v) is 13.4. The summed E-state index contributed by atoms with van der Waals surface area (Å²) in [7, 11) is 0. The average molecular weight is 319 g/mol. The highest BCUT2D eigenvalue weighted by atomic mass is 35.5. The summed E-state index contributed by atoms with van der Waals surface area (Å²) in [6, 6.07) is 12.9. The van der Waals surface area contributed by atoms with Gasteiger partial charge in [0, 0.05) is 10.7 Å². The topological polar surface area (TPSA) is 50.4 Å². The van der Waals surface area contributed by atoms with Crippen molar-refractivity contribution in [1.82, 2.24) is 5.32 Å². The minimum atomic E-state index is -0.279. The van der Waals surface area contributed by atoms with E-state index in [1.807, 2.05) is 44.2 Å². The number of anilines is 1. The molecule has 0 aromatic heterocycles. The molecule has 0 fully saturated rings. The van der Waals surface area contributed by atoms with Gasteiger partial charge in [0.05, 0.1) is 6.54 Å². The maximum Gasteiger partial charge on any atom is 0.319 e. The molecule has 0 radical (unpaired) electrons. The van der Waals surface area contributed by atoms with Crippen LogP contribution in [0.25, 0.3) is 0 Å². The standard InChI is InChI=1S/C17H19ClN2O2/c1-12-5-3-6-14(11-12)22-10-9-19-17(21)20-16-8-4-7-15(18)13(16)2/h3-8,11H,9-10H2,1-2H3,(H2,19,20,21). The van der Waals surface area contributed by atoms with E-state index >= 15 is 0 Å². The average Bonchev–Trinajstić information content (AvgIpc) is 2.49. The van der Waals surface area contributed by atoms with Gasteiger partial charge in [0.15, 0.2) is 0 Å². The van der Waals surface area contributed by atoms with E-state index < -0.39 is 0 Å². The van der Waals surface area contributed by atoms with Gasteiger partial charge in [0.1, 0.15) is 12.4 Å². The summed E-state index contributed by atoms with van der Waals surface area (Å²) in [5.74, 6) is 0.799. The molecule has 2 N–H and O–H groups in total. The molecule has 2 aromatic carbocycles. The lowest BCUT2D eigenvalue weighted by molar-refractivity contribution is 0.247. The van der Waals surface area contributed by atoms with Crippen molar-refractivity contribution in [3.8, 4) is 5.75 Å². The van der Waals surface area contributed by atoms with Crippen LogP contribution in [0.4, 0.5) is 10.5 Å². The first-order valence-corrected chi connectivity index (χ1v) is 7.43. The van der Waals surface area contributed by atoms with Crippen LogP contribution in [0.15, 0.2) is 42.5 Å². The SMILES string of the molecule is Cc1cccc(OCCNC(=O)Nc2cccc(Cl)c2C)c1. The smallest absolute Gasteiger partial charge is 0.319 e. The van der Waals surface area contributed by atoms with Crippen LogP contribution in [-0.4, -0.2) is 19.2 Å². The summed E-state index contributed by atoms with van der Waals surface area (Å²) in [5.41, 5.74) is 2.68. The summed E-state index contributed by atoms with van der Waals surface area (Å²) in [4.78, 5) is 11.8. The van der Waals surface area contributed by atoms with Crippen molar-refractivity contribution in [2.75, 3.05) is 18.5 Å². The molecule has 0 aliphatic rings. The van der Waals surface area contributed by atoms with E-state index in [1.165, 1.54) is 0 Å². The van der Waals surface area contributed by atoms with Gasteiger partial charge in [-0.2, -0.15) is 0 Å². The first kappa shape index (κ1) is 16.2. The Balaban J connectivity index is 1.75. The zero-order chi connectivity index (χ0) is 15.9. The number of ether oxygens (including phenoxy) is 1. The van der Waals surface area contributed by atoms with Gasteiger partial charge in [-0.3, -0.25) is 0 Å². The molecule has 116 valence electrons. The second kappa shape index (κ2) is 7.71. The van der Waals surface area contributed by atoms with E-state index in [-0.39, 0.29) is 6.03 Å². The predicted molar refractivity (Wildman–Crippen MR) is 89.9 cm³/mol. The molecule has 0 bridgehead atoms. The molecule has 0 saturated carbocycles. The number of carbonyl (C=O) groups is 1. The fourth-order valence-electron chi connectivity index (χ4n) is 1.95. The molecular formula is C17H19ClN2O2. The molecule has 0 saturated heterocycles.